The third-order valence-electron chi connectivity index (χ3n) is 5.39. The number of esters is 1. The van der Waals surface area contributed by atoms with Crippen LogP contribution in [0, 0.1) is 5.92 Å². The first-order valence-corrected chi connectivity index (χ1v) is 9.61. The van der Waals surface area contributed by atoms with Gasteiger partial charge in [-0.25, -0.2) is 9.59 Å². The molecule has 2 aliphatic rings. The largest absolute Gasteiger partial charge is 0.459 e. The number of rotatable bonds is 4. The van der Waals surface area contributed by atoms with Crippen LogP contribution in [0.15, 0.2) is 35.5 Å². The summed E-state index contributed by atoms with van der Waals surface area (Å²) in [5.74, 6) is 0.228. The lowest BCUT2D eigenvalue weighted by Crippen LogP contribution is -2.45. The van der Waals surface area contributed by atoms with Gasteiger partial charge in [-0.3, -0.25) is 0 Å². The molecule has 0 saturated heterocycles. The van der Waals surface area contributed by atoms with Crippen molar-refractivity contribution in [2.75, 3.05) is 19.0 Å². The van der Waals surface area contributed by atoms with Crippen LogP contribution in [-0.2, 0) is 9.53 Å². The van der Waals surface area contributed by atoms with Crippen LogP contribution in [0.2, 0.25) is 0 Å². The number of nitrogens with one attached hydrogen (secondary N) is 2. The summed E-state index contributed by atoms with van der Waals surface area (Å²) >= 11 is 0. The maximum atomic E-state index is 13.0. The lowest BCUT2D eigenvalue weighted by atomic mass is 9.88. The van der Waals surface area contributed by atoms with Crippen molar-refractivity contribution < 1.29 is 14.3 Å². The van der Waals surface area contributed by atoms with Crippen LogP contribution in [-0.4, -0.2) is 32.2 Å². The Labute approximate surface area is 161 Å². The minimum atomic E-state index is -0.511. The number of anilines is 1. The van der Waals surface area contributed by atoms with Gasteiger partial charge in [0.25, 0.3) is 0 Å². The monoisotopic (exact) mass is 371 g/mol. The molecule has 1 heterocycles. The quantitative estimate of drug-likeness (QED) is 0.795. The summed E-state index contributed by atoms with van der Waals surface area (Å²) in [5, 5.41) is 5.57. The Morgan fingerprint density at radius 3 is 2.52 bits per heavy atom. The van der Waals surface area contributed by atoms with Gasteiger partial charge in [0.05, 0.1) is 11.6 Å². The Bertz CT molecular complexity index is 740. The highest BCUT2D eigenvalue weighted by Gasteiger charge is 2.34. The fraction of sp³-hybridized carbons (Fsp3) is 0.524. The number of hydrogen-bond acceptors (Lipinski definition) is 4. The second-order valence-electron chi connectivity index (χ2n) is 7.86. The summed E-state index contributed by atoms with van der Waals surface area (Å²) in [4.78, 5) is 27.0. The first kappa shape index (κ1) is 19.3. The van der Waals surface area contributed by atoms with E-state index < -0.39 is 6.04 Å². The Morgan fingerprint density at radius 2 is 1.89 bits per heavy atom. The molecule has 0 radical (unpaired) electrons. The number of carbonyl (C=O) groups is 2. The molecule has 1 aromatic carbocycles. The average Bonchev–Trinajstić information content (AvgIpc) is 2.61. The van der Waals surface area contributed by atoms with Crippen LogP contribution < -0.4 is 15.5 Å². The number of urea groups is 1. The molecule has 3 rings (SSSR count). The van der Waals surface area contributed by atoms with Crippen molar-refractivity contribution in [2.45, 2.75) is 51.7 Å². The van der Waals surface area contributed by atoms with Gasteiger partial charge >= 0.3 is 12.0 Å². The lowest BCUT2D eigenvalue weighted by molar-refractivity contribution is -0.146. The van der Waals surface area contributed by atoms with E-state index in [9.17, 15) is 9.59 Å². The zero-order valence-corrected chi connectivity index (χ0v) is 16.5. The molecule has 0 aromatic heterocycles. The molecule has 146 valence electrons. The van der Waals surface area contributed by atoms with E-state index in [0.717, 1.165) is 30.5 Å². The van der Waals surface area contributed by atoms with Gasteiger partial charge in [-0.05, 0) is 49.8 Å². The standard InChI is InChI=1S/C21H29N3O3/c1-13-6-5-7-17(12-13)27-20(25)18-14(2)22-21(26)23-19(18)15-8-10-16(11-9-15)24(3)4/h8-11,13,17,19H,5-7,12H2,1-4H3,(H2,22,23,26)/t13-,17-,19-/m1/s1. The van der Waals surface area contributed by atoms with E-state index in [1.54, 1.807) is 6.92 Å². The third-order valence-corrected chi connectivity index (χ3v) is 5.39. The average molecular weight is 371 g/mol. The Kier molecular flexibility index (Phi) is 5.73. The summed E-state index contributed by atoms with van der Waals surface area (Å²) in [5.41, 5.74) is 2.94. The van der Waals surface area contributed by atoms with Crippen LogP contribution in [0.25, 0.3) is 0 Å². The van der Waals surface area contributed by atoms with Crippen LogP contribution in [0.3, 0.4) is 0 Å². The molecule has 0 bridgehead atoms. The molecule has 0 unspecified atom stereocenters. The highest BCUT2D eigenvalue weighted by atomic mass is 16.5. The van der Waals surface area contributed by atoms with Gasteiger partial charge in [0.1, 0.15) is 6.10 Å². The van der Waals surface area contributed by atoms with Gasteiger partial charge in [-0.15, -0.1) is 0 Å². The minimum Gasteiger partial charge on any atom is -0.459 e. The number of allylic oxidation sites excluding steroid dienone is 1. The van der Waals surface area contributed by atoms with E-state index in [-0.39, 0.29) is 18.1 Å². The number of amides is 2. The normalized spacial score (nSPS) is 25.5. The first-order valence-electron chi connectivity index (χ1n) is 9.61. The fourth-order valence-electron chi connectivity index (χ4n) is 3.88. The summed E-state index contributed by atoms with van der Waals surface area (Å²) in [6.07, 6.45) is 4.04. The molecule has 3 atom stereocenters. The van der Waals surface area contributed by atoms with E-state index in [1.165, 1.54) is 6.42 Å². The molecule has 1 aliphatic heterocycles. The molecule has 6 heteroatoms. The zero-order chi connectivity index (χ0) is 19.6. The minimum absolute atomic E-state index is 0.0454. The van der Waals surface area contributed by atoms with Gasteiger partial charge in [-0.2, -0.15) is 0 Å². The predicted molar refractivity (Wildman–Crippen MR) is 105 cm³/mol. The molecule has 27 heavy (non-hydrogen) atoms. The summed E-state index contributed by atoms with van der Waals surface area (Å²) in [6, 6.07) is 7.01. The van der Waals surface area contributed by atoms with Gasteiger partial charge in [0.15, 0.2) is 0 Å². The van der Waals surface area contributed by atoms with Crippen molar-refractivity contribution >= 4 is 17.7 Å². The van der Waals surface area contributed by atoms with Crippen LogP contribution in [0.4, 0.5) is 10.5 Å². The molecule has 2 amide bonds. The molecule has 1 saturated carbocycles. The Hall–Kier alpha value is -2.50. The van der Waals surface area contributed by atoms with Crippen LogP contribution in [0.1, 0.15) is 51.1 Å². The second kappa shape index (κ2) is 8.03. The van der Waals surface area contributed by atoms with Crippen molar-refractivity contribution in [3.8, 4) is 0 Å². The predicted octanol–water partition coefficient (Wildman–Crippen LogP) is 3.50. The van der Waals surface area contributed by atoms with E-state index in [0.29, 0.717) is 17.2 Å². The van der Waals surface area contributed by atoms with E-state index in [4.69, 9.17) is 4.74 Å². The number of nitrogens with zero attached hydrogens (tertiary/aromatic N) is 1. The number of ether oxygens (including phenoxy) is 1. The van der Waals surface area contributed by atoms with Gasteiger partial charge in [0, 0.05) is 25.5 Å². The maximum Gasteiger partial charge on any atom is 0.338 e. The smallest absolute Gasteiger partial charge is 0.338 e. The van der Waals surface area contributed by atoms with Crippen molar-refractivity contribution in [3.05, 3.63) is 41.1 Å². The Morgan fingerprint density at radius 1 is 1.19 bits per heavy atom. The second-order valence-corrected chi connectivity index (χ2v) is 7.86. The molecule has 1 fully saturated rings. The van der Waals surface area contributed by atoms with E-state index in [1.807, 2.05) is 43.3 Å². The molecule has 0 spiro atoms. The molecule has 2 N–H and O–H groups in total. The van der Waals surface area contributed by atoms with E-state index >= 15 is 0 Å². The van der Waals surface area contributed by atoms with Crippen molar-refractivity contribution in [1.29, 1.82) is 0 Å². The fourth-order valence-corrected chi connectivity index (χ4v) is 3.88. The maximum absolute atomic E-state index is 13.0. The lowest BCUT2D eigenvalue weighted by Gasteiger charge is -2.31. The Balaban J connectivity index is 1.84. The molecule has 1 aliphatic carbocycles. The topological polar surface area (TPSA) is 70.7 Å². The molecular formula is C21H29N3O3. The number of carbonyl (C=O) groups excluding carboxylic acids is 2. The van der Waals surface area contributed by atoms with Gasteiger partial charge < -0.3 is 20.3 Å². The molecule has 6 nitrogen and oxygen atoms in total. The summed E-state index contributed by atoms with van der Waals surface area (Å²) in [6.45, 7) is 3.95. The molecule has 1 aromatic rings. The van der Waals surface area contributed by atoms with Crippen LogP contribution >= 0.6 is 0 Å². The highest BCUT2D eigenvalue weighted by molar-refractivity contribution is 5.95. The van der Waals surface area contributed by atoms with Crippen molar-refractivity contribution in [2.24, 2.45) is 5.92 Å². The highest BCUT2D eigenvalue weighted by Crippen LogP contribution is 2.31. The summed E-state index contributed by atoms with van der Waals surface area (Å²) < 4.78 is 5.82. The van der Waals surface area contributed by atoms with Crippen LogP contribution in [0.5, 0.6) is 0 Å². The number of hydrogen-bond donors (Lipinski definition) is 2. The number of benzene rings is 1. The zero-order valence-electron chi connectivity index (χ0n) is 16.5. The van der Waals surface area contributed by atoms with Gasteiger partial charge in [0.2, 0.25) is 0 Å². The van der Waals surface area contributed by atoms with E-state index in [2.05, 4.69) is 17.6 Å². The third kappa shape index (κ3) is 4.43. The van der Waals surface area contributed by atoms with Crippen molar-refractivity contribution in [1.82, 2.24) is 10.6 Å². The summed E-state index contributed by atoms with van der Waals surface area (Å²) in [7, 11) is 3.94. The first-order chi connectivity index (χ1) is 12.8. The van der Waals surface area contributed by atoms with Crippen molar-refractivity contribution in [3.63, 3.8) is 0 Å². The molecular weight excluding hydrogens is 342 g/mol. The van der Waals surface area contributed by atoms with Gasteiger partial charge in [-0.1, -0.05) is 25.5 Å². The SMILES string of the molecule is CC1=C(C(=O)O[C@@H]2CCC[C@@H](C)C2)[C@@H](c2ccc(N(C)C)cc2)NC(=O)N1.